The number of ether oxygens (including phenoxy) is 2. The van der Waals surface area contributed by atoms with Crippen LogP contribution in [0.1, 0.15) is 27.0 Å². The lowest BCUT2D eigenvalue weighted by molar-refractivity contribution is -0.130. The number of aryl methyl sites for hydroxylation is 1. The smallest absolute Gasteiger partial charge is 0.343 e. The molecule has 4 rings (SSSR count). The number of rotatable bonds is 3. The molecule has 0 aliphatic carbocycles. The van der Waals surface area contributed by atoms with Crippen molar-refractivity contribution >= 4 is 34.5 Å². The summed E-state index contributed by atoms with van der Waals surface area (Å²) >= 11 is 0. The van der Waals surface area contributed by atoms with E-state index in [0.29, 0.717) is 16.9 Å². The van der Waals surface area contributed by atoms with E-state index in [1.807, 2.05) is 18.2 Å². The zero-order valence-electron chi connectivity index (χ0n) is 15.6. The molecule has 0 fully saturated rings. The molecule has 0 aromatic heterocycles. The summed E-state index contributed by atoms with van der Waals surface area (Å²) in [7, 11) is 1.34. The second-order valence-electron chi connectivity index (χ2n) is 6.68. The molecule has 28 heavy (non-hydrogen) atoms. The van der Waals surface area contributed by atoms with E-state index in [0.717, 1.165) is 21.9 Å². The van der Waals surface area contributed by atoms with Crippen molar-refractivity contribution in [2.75, 3.05) is 7.11 Å². The maximum absolute atomic E-state index is 12.3. The summed E-state index contributed by atoms with van der Waals surface area (Å²) in [6.07, 6.45) is 3.48. The molecule has 0 bridgehead atoms. The van der Waals surface area contributed by atoms with Gasteiger partial charge in [-0.05, 0) is 53.6 Å². The van der Waals surface area contributed by atoms with Crippen LogP contribution in [0.15, 0.2) is 72.3 Å². The molecule has 3 aromatic rings. The Labute approximate surface area is 162 Å². The van der Waals surface area contributed by atoms with Crippen LogP contribution in [-0.4, -0.2) is 19.0 Å². The largest absolute Gasteiger partial charge is 0.465 e. The molecule has 138 valence electrons. The minimum absolute atomic E-state index is 0.393. The molecule has 1 aliphatic rings. The van der Waals surface area contributed by atoms with Gasteiger partial charge in [0.2, 0.25) is 0 Å². The molecule has 0 unspecified atom stereocenters. The van der Waals surface area contributed by atoms with E-state index in [4.69, 9.17) is 4.74 Å². The fraction of sp³-hybridized carbons (Fsp3) is 0.0833. The first-order valence-corrected chi connectivity index (χ1v) is 8.88. The number of hydrogen-bond donors (Lipinski definition) is 0. The molecular weight excluding hydrogens is 352 g/mol. The Morgan fingerprint density at radius 3 is 2.43 bits per heavy atom. The van der Waals surface area contributed by atoms with Gasteiger partial charge in [-0.25, -0.2) is 9.59 Å². The fourth-order valence-corrected chi connectivity index (χ4v) is 3.16. The molecule has 1 heterocycles. The van der Waals surface area contributed by atoms with Gasteiger partial charge in [0.1, 0.15) is 5.76 Å². The molecule has 0 saturated carbocycles. The molecule has 4 heteroatoms. The van der Waals surface area contributed by atoms with E-state index in [2.05, 4.69) is 29.9 Å². The van der Waals surface area contributed by atoms with Crippen LogP contribution in [-0.2, 0) is 14.3 Å². The van der Waals surface area contributed by atoms with Crippen LogP contribution in [0.3, 0.4) is 0 Å². The first-order valence-electron chi connectivity index (χ1n) is 8.88. The topological polar surface area (TPSA) is 52.6 Å². The first-order chi connectivity index (χ1) is 13.5. The number of cyclic esters (lactones) is 1. The molecule has 0 atom stereocenters. The highest BCUT2D eigenvalue weighted by Crippen LogP contribution is 2.29. The van der Waals surface area contributed by atoms with Crippen molar-refractivity contribution in [3.63, 3.8) is 0 Å². The Kier molecular flexibility index (Phi) is 4.53. The van der Waals surface area contributed by atoms with Gasteiger partial charge in [-0.2, -0.15) is 0 Å². The van der Waals surface area contributed by atoms with Crippen molar-refractivity contribution < 1.29 is 19.1 Å². The van der Waals surface area contributed by atoms with Gasteiger partial charge < -0.3 is 9.47 Å². The summed E-state index contributed by atoms with van der Waals surface area (Å²) < 4.78 is 10.2. The highest BCUT2D eigenvalue weighted by atomic mass is 16.5. The Morgan fingerprint density at radius 1 is 0.964 bits per heavy atom. The lowest BCUT2D eigenvalue weighted by Gasteiger charge is -2.05. The normalized spacial score (nSPS) is 14.9. The van der Waals surface area contributed by atoms with Gasteiger partial charge in [0.15, 0.2) is 0 Å². The zero-order chi connectivity index (χ0) is 19.7. The van der Waals surface area contributed by atoms with Gasteiger partial charge in [0, 0.05) is 5.56 Å². The molecule has 0 saturated heterocycles. The van der Waals surface area contributed by atoms with Crippen LogP contribution in [0.4, 0.5) is 0 Å². The van der Waals surface area contributed by atoms with Crippen LogP contribution in [0.25, 0.3) is 22.6 Å². The molecular formula is C24H18O4. The summed E-state index contributed by atoms with van der Waals surface area (Å²) in [5.41, 5.74) is 3.78. The van der Waals surface area contributed by atoms with Crippen LogP contribution < -0.4 is 0 Å². The van der Waals surface area contributed by atoms with Crippen molar-refractivity contribution in [2.45, 2.75) is 6.92 Å². The first kappa shape index (κ1) is 17.7. The molecule has 0 spiro atoms. The van der Waals surface area contributed by atoms with E-state index in [-0.39, 0.29) is 0 Å². The molecule has 1 aliphatic heterocycles. The summed E-state index contributed by atoms with van der Waals surface area (Å²) in [5, 5.41) is 2.24. The number of benzene rings is 3. The van der Waals surface area contributed by atoms with E-state index in [1.165, 1.54) is 12.7 Å². The summed E-state index contributed by atoms with van der Waals surface area (Å²) in [6.45, 7) is 2.06. The summed E-state index contributed by atoms with van der Waals surface area (Å²) in [5.74, 6) is -0.255. The standard InChI is InChI=1S/C24H18O4/c1-15-3-6-19-13-20(10-9-18(19)11-15)22-14-21(24(26)28-22)12-16-4-7-17(8-5-16)23(25)27-2/h3-14H,1-2H3. The Bertz CT molecular complexity index is 1150. The lowest BCUT2D eigenvalue weighted by Crippen LogP contribution is -2.00. The highest BCUT2D eigenvalue weighted by molar-refractivity contribution is 6.05. The van der Waals surface area contributed by atoms with Crippen LogP contribution in [0.2, 0.25) is 0 Å². The monoisotopic (exact) mass is 370 g/mol. The quantitative estimate of drug-likeness (QED) is 0.485. The minimum Gasteiger partial charge on any atom is -0.465 e. The number of carbonyl (C=O) groups excluding carboxylic acids is 2. The molecule has 4 nitrogen and oxygen atoms in total. The molecule has 0 N–H and O–H groups in total. The Morgan fingerprint density at radius 2 is 1.68 bits per heavy atom. The number of methoxy groups -OCH3 is 1. The fourth-order valence-electron chi connectivity index (χ4n) is 3.16. The third-order valence-corrected chi connectivity index (χ3v) is 4.66. The van der Waals surface area contributed by atoms with Crippen LogP contribution in [0.5, 0.6) is 0 Å². The average Bonchev–Trinajstić information content (AvgIpc) is 3.08. The van der Waals surface area contributed by atoms with E-state index in [9.17, 15) is 9.59 Å². The minimum atomic E-state index is -0.395. The second kappa shape index (κ2) is 7.16. The van der Waals surface area contributed by atoms with Gasteiger partial charge >= 0.3 is 11.9 Å². The zero-order valence-corrected chi connectivity index (χ0v) is 15.6. The van der Waals surface area contributed by atoms with Crippen molar-refractivity contribution in [3.05, 3.63) is 94.6 Å². The van der Waals surface area contributed by atoms with Gasteiger partial charge in [0.25, 0.3) is 0 Å². The van der Waals surface area contributed by atoms with Crippen molar-refractivity contribution in [3.8, 4) is 0 Å². The van der Waals surface area contributed by atoms with Crippen molar-refractivity contribution in [2.24, 2.45) is 0 Å². The van der Waals surface area contributed by atoms with Crippen molar-refractivity contribution in [1.82, 2.24) is 0 Å². The van der Waals surface area contributed by atoms with Crippen LogP contribution in [0, 0.1) is 6.92 Å². The van der Waals surface area contributed by atoms with Gasteiger partial charge in [-0.1, -0.05) is 48.0 Å². The third kappa shape index (κ3) is 3.45. The van der Waals surface area contributed by atoms with Gasteiger partial charge in [-0.15, -0.1) is 0 Å². The number of carbonyl (C=O) groups is 2. The summed E-state index contributed by atoms with van der Waals surface area (Å²) in [4.78, 5) is 23.8. The summed E-state index contributed by atoms with van der Waals surface area (Å²) in [6, 6.07) is 19.1. The van der Waals surface area contributed by atoms with E-state index in [1.54, 1.807) is 36.4 Å². The van der Waals surface area contributed by atoms with Gasteiger partial charge in [-0.3, -0.25) is 0 Å². The SMILES string of the molecule is COC(=O)c1ccc(C=C2C=C(c3ccc4cc(C)ccc4c3)OC2=O)cc1. The number of esters is 2. The second-order valence-corrected chi connectivity index (χ2v) is 6.68. The predicted molar refractivity (Wildman–Crippen MR) is 109 cm³/mol. The molecule has 0 amide bonds. The Balaban J connectivity index is 1.63. The number of fused-ring (bicyclic) bond motifs is 1. The highest BCUT2D eigenvalue weighted by Gasteiger charge is 2.22. The predicted octanol–water partition coefficient (Wildman–Crippen LogP) is 4.92. The van der Waals surface area contributed by atoms with E-state index < -0.39 is 11.9 Å². The maximum atomic E-state index is 12.3. The average molecular weight is 370 g/mol. The van der Waals surface area contributed by atoms with E-state index >= 15 is 0 Å². The van der Waals surface area contributed by atoms with Crippen molar-refractivity contribution in [1.29, 1.82) is 0 Å². The molecule has 3 aromatic carbocycles. The number of hydrogen-bond acceptors (Lipinski definition) is 4. The van der Waals surface area contributed by atoms with Crippen LogP contribution >= 0.6 is 0 Å². The molecule has 0 radical (unpaired) electrons. The third-order valence-electron chi connectivity index (χ3n) is 4.66. The van der Waals surface area contributed by atoms with Gasteiger partial charge in [0.05, 0.1) is 18.2 Å². The lowest BCUT2D eigenvalue weighted by atomic mass is 10.0. The maximum Gasteiger partial charge on any atom is 0.343 e. The Hall–Kier alpha value is -3.66.